The number of benzene rings is 1. The Morgan fingerprint density at radius 3 is 2.75 bits per heavy atom. The van der Waals surface area contributed by atoms with E-state index in [2.05, 4.69) is 48.2 Å². The highest BCUT2D eigenvalue weighted by Crippen LogP contribution is 2.15. The first-order valence-corrected chi connectivity index (χ1v) is 7.76. The molecule has 0 unspecified atom stereocenters. The zero-order valence-corrected chi connectivity index (χ0v) is 12.8. The van der Waals surface area contributed by atoms with Gasteiger partial charge in [0.15, 0.2) is 0 Å². The van der Waals surface area contributed by atoms with E-state index in [0.29, 0.717) is 6.04 Å². The molecule has 0 saturated carbocycles. The minimum absolute atomic E-state index is 0.212. The molecular formula is C17H28N2O. The first-order valence-electron chi connectivity index (χ1n) is 7.76. The van der Waals surface area contributed by atoms with Gasteiger partial charge in [0.05, 0.1) is 6.10 Å². The van der Waals surface area contributed by atoms with Crippen molar-refractivity contribution in [1.29, 1.82) is 0 Å². The summed E-state index contributed by atoms with van der Waals surface area (Å²) in [5, 5.41) is 10.2. The van der Waals surface area contributed by atoms with Crippen molar-refractivity contribution in [2.75, 3.05) is 33.7 Å². The third-order valence-corrected chi connectivity index (χ3v) is 4.29. The molecule has 1 aromatic rings. The fourth-order valence-corrected chi connectivity index (χ4v) is 2.99. The Bertz CT molecular complexity index is 380. The molecule has 1 aliphatic heterocycles. The van der Waals surface area contributed by atoms with Gasteiger partial charge in [-0.05, 0) is 51.9 Å². The Morgan fingerprint density at radius 1 is 1.30 bits per heavy atom. The molecule has 1 aromatic carbocycles. The second-order valence-electron chi connectivity index (χ2n) is 6.20. The molecule has 1 N–H and O–H groups in total. The van der Waals surface area contributed by atoms with Crippen LogP contribution in [0.1, 0.15) is 24.8 Å². The Labute approximate surface area is 123 Å². The molecule has 1 aliphatic rings. The van der Waals surface area contributed by atoms with Gasteiger partial charge in [-0.25, -0.2) is 0 Å². The number of hydrogen-bond acceptors (Lipinski definition) is 3. The van der Waals surface area contributed by atoms with Crippen LogP contribution in [0.2, 0.25) is 0 Å². The number of aryl methyl sites for hydroxylation is 1. The van der Waals surface area contributed by atoms with Crippen molar-refractivity contribution >= 4 is 0 Å². The fourth-order valence-electron chi connectivity index (χ4n) is 2.99. The van der Waals surface area contributed by atoms with Crippen LogP contribution in [0, 0.1) is 0 Å². The summed E-state index contributed by atoms with van der Waals surface area (Å²) >= 11 is 0. The van der Waals surface area contributed by atoms with Crippen LogP contribution in [0.5, 0.6) is 0 Å². The van der Waals surface area contributed by atoms with Gasteiger partial charge in [-0.2, -0.15) is 0 Å². The van der Waals surface area contributed by atoms with Gasteiger partial charge in [-0.1, -0.05) is 30.3 Å². The molecule has 112 valence electrons. The van der Waals surface area contributed by atoms with Crippen LogP contribution in [0.4, 0.5) is 0 Å². The number of likely N-dealkylation sites (tertiary alicyclic amines) is 1. The maximum Gasteiger partial charge on any atom is 0.0670 e. The molecule has 3 heteroatoms. The SMILES string of the molecule is CN(C)[C@@H]1CCCN(C[C@@H](O)CCc2ccccc2)C1. The largest absolute Gasteiger partial charge is 0.392 e. The summed E-state index contributed by atoms with van der Waals surface area (Å²) in [6.45, 7) is 3.04. The third-order valence-electron chi connectivity index (χ3n) is 4.29. The average Bonchev–Trinajstić information content (AvgIpc) is 2.46. The predicted molar refractivity (Wildman–Crippen MR) is 83.9 cm³/mol. The summed E-state index contributed by atoms with van der Waals surface area (Å²) in [5.41, 5.74) is 1.32. The van der Waals surface area contributed by atoms with E-state index < -0.39 is 0 Å². The number of hydrogen-bond donors (Lipinski definition) is 1. The van der Waals surface area contributed by atoms with Crippen molar-refractivity contribution in [2.24, 2.45) is 0 Å². The minimum atomic E-state index is -0.212. The molecule has 0 aliphatic carbocycles. The van der Waals surface area contributed by atoms with Gasteiger partial charge in [0.25, 0.3) is 0 Å². The summed E-state index contributed by atoms with van der Waals surface area (Å²) in [6.07, 6.45) is 4.13. The molecule has 0 amide bonds. The van der Waals surface area contributed by atoms with Crippen LogP contribution < -0.4 is 0 Å². The van der Waals surface area contributed by atoms with Crippen molar-refractivity contribution in [1.82, 2.24) is 9.80 Å². The first kappa shape index (κ1) is 15.5. The van der Waals surface area contributed by atoms with Crippen LogP contribution in [0.15, 0.2) is 30.3 Å². The molecule has 1 saturated heterocycles. The average molecular weight is 276 g/mol. The van der Waals surface area contributed by atoms with E-state index in [1.54, 1.807) is 0 Å². The maximum absolute atomic E-state index is 10.2. The van der Waals surface area contributed by atoms with Gasteiger partial charge in [0, 0.05) is 19.1 Å². The zero-order valence-electron chi connectivity index (χ0n) is 12.8. The topological polar surface area (TPSA) is 26.7 Å². The highest BCUT2D eigenvalue weighted by molar-refractivity contribution is 5.14. The van der Waals surface area contributed by atoms with Crippen molar-refractivity contribution in [3.05, 3.63) is 35.9 Å². The number of β-amino-alcohol motifs (C(OH)–C–C–N with tert-alkyl or cyclic N) is 1. The fraction of sp³-hybridized carbons (Fsp3) is 0.647. The van der Waals surface area contributed by atoms with Crippen LogP contribution in [-0.4, -0.2) is 60.8 Å². The molecule has 2 atom stereocenters. The minimum Gasteiger partial charge on any atom is -0.392 e. The quantitative estimate of drug-likeness (QED) is 0.861. The number of rotatable bonds is 6. The molecule has 0 radical (unpaired) electrons. The highest BCUT2D eigenvalue weighted by atomic mass is 16.3. The Hall–Kier alpha value is -0.900. The second kappa shape index (κ2) is 7.77. The van der Waals surface area contributed by atoms with Gasteiger partial charge in [0.2, 0.25) is 0 Å². The van der Waals surface area contributed by atoms with Crippen LogP contribution in [0.25, 0.3) is 0 Å². The number of nitrogens with zero attached hydrogens (tertiary/aromatic N) is 2. The van der Waals surface area contributed by atoms with Crippen molar-refractivity contribution in [3.63, 3.8) is 0 Å². The van der Waals surface area contributed by atoms with Crippen molar-refractivity contribution < 1.29 is 5.11 Å². The lowest BCUT2D eigenvalue weighted by molar-refractivity contribution is 0.0684. The lowest BCUT2D eigenvalue weighted by Gasteiger charge is -2.37. The lowest BCUT2D eigenvalue weighted by Crippen LogP contribution is -2.47. The molecule has 1 heterocycles. The standard InChI is InChI=1S/C17H28N2O/c1-18(2)16-9-6-12-19(13-16)14-17(20)11-10-15-7-4-3-5-8-15/h3-5,7-8,16-17,20H,6,9-14H2,1-2H3/t16-,17+/m1/s1. The molecular weight excluding hydrogens is 248 g/mol. The van der Waals surface area contributed by atoms with Gasteiger partial charge in [-0.3, -0.25) is 4.90 Å². The van der Waals surface area contributed by atoms with Crippen LogP contribution in [0.3, 0.4) is 0 Å². The molecule has 0 bridgehead atoms. The van der Waals surface area contributed by atoms with E-state index in [0.717, 1.165) is 32.5 Å². The highest BCUT2D eigenvalue weighted by Gasteiger charge is 2.22. The van der Waals surface area contributed by atoms with E-state index in [1.165, 1.54) is 18.4 Å². The third kappa shape index (κ3) is 4.89. The van der Waals surface area contributed by atoms with E-state index in [4.69, 9.17) is 0 Å². The second-order valence-corrected chi connectivity index (χ2v) is 6.20. The van der Waals surface area contributed by atoms with Gasteiger partial charge >= 0.3 is 0 Å². The Morgan fingerprint density at radius 2 is 2.05 bits per heavy atom. The molecule has 20 heavy (non-hydrogen) atoms. The van der Waals surface area contributed by atoms with Gasteiger partial charge in [-0.15, -0.1) is 0 Å². The maximum atomic E-state index is 10.2. The van der Waals surface area contributed by atoms with Crippen molar-refractivity contribution in [2.45, 2.75) is 37.8 Å². The summed E-state index contributed by atoms with van der Waals surface area (Å²) < 4.78 is 0. The molecule has 0 aromatic heterocycles. The molecule has 3 nitrogen and oxygen atoms in total. The summed E-state index contributed by atoms with van der Waals surface area (Å²) in [4.78, 5) is 4.73. The lowest BCUT2D eigenvalue weighted by atomic mass is 10.0. The normalized spacial score (nSPS) is 22.1. The monoisotopic (exact) mass is 276 g/mol. The zero-order chi connectivity index (χ0) is 14.4. The van der Waals surface area contributed by atoms with E-state index in [1.807, 2.05) is 6.07 Å². The summed E-state index contributed by atoms with van der Waals surface area (Å²) in [7, 11) is 4.31. The van der Waals surface area contributed by atoms with E-state index >= 15 is 0 Å². The number of piperidine rings is 1. The number of aliphatic hydroxyl groups is 1. The Balaban J connectivity index is 1.72. The molecule has 0 spiro atoms. The first-order chi connectivity index (χ1) is 9.65. The Kier molecular flexibility index (Phi) is 6.02. The molecule has 1 fully saturated rings. The predicted octanol–water partition coefficient (Wildman–Crippen LogP) is 2.01. The van der Waals surface area contributed by atoms with Gasteiger partial charge < -0.3 is 10.0 Å². The number of aliphatic hydroxyl groups excluding tert-OH is 1. The van der Waals surface area contributed by atoms with Crippen molar-refractivity contribution in [3.8, 4) is 0 Å². The van der Waals surface area contributed by atoms with Gasteiger partial charge in [0.1, 0.15) is 0 Å². The summed E-state index contributed by atoms with van der Waals surface area (Å²) in [6, 6.07) is 11.1. The summed E-state index contributed by atoms with van der Waals surface area (Å²) in [5.74, 6) is 0. The van der Waals surface area contributed by atoms with Crippen LogP contribution >= 0.6 is 0 Å². The van der Waals surface area contributed by atoms with E-state index in [-0.39, 0.29) is 6.10 Å². The molecule has 2 rings (SSSR count). The smallest absolute Gasteiger partial charge is 0.0670 e. The number of likely N-dealkylation sites (N-methyl/N-ethyl adjacent to an activating group) is 1. The van der Waals surface area contributed by atoms with Crippen LogP contribution in [-0.2, 0) is 6.42 Å². The van der Waals surface area contributed by atoms with E-state index in [9.17, 15) is 5.11 Å².